The van der Waals surface area contributed by atoms with Gasteiger partial charge in [-0.3, -0.25) is 0 Å². The second kappa shape index (κ2) is 8.38. The number of aromatic nitrogens is 1. The number of rotatable bonds is 2. The highest BCUT2D eigenvalue weighted by Crippen LogP contribution is 2.51. The molecule has 0 unspecified atom stereocenters. The second-order valence-corrected chi connectivity index (χ2v) is 11.8. The third-order valence-electron chi connectivity index (χ3n) is 9.20. The van der Waals surface area contributed by atoms with Gasteiger partial charge in [0, 0.05) is 43.7 Å². The number of benzene rings is 7. The van der Waals surface area contributed by atoms with Crippen LogP contribution in [-0.4, -0.2) is 4.57 Å². The Labute approximate surface area is 252 Å². The molecule has 0 fully saturated rings. The van der Waals surface area contributed by atoms with Crippen molar-refractivity contribution in [3.05, 3.63) is 138 Å². The summed E-state index contributed by atoms with van der Waals surface area (Å²) in [5, 5.41) is 8.02. The number of hydrogen-bond donors (Lipinski definition) is 0. The maximum absolute atomic E-state index is 6.28. The SMILES string of the molecule is Clc1ccc2c(c1)oc1ccc(-c3ccc4c5c3ccc3c5c5c(cccc5n3-c3ccccc3)-c3ccccc3-4)cc12. The van der Waals surface area contributed by atoms with Crippen LogP contribution < -0.4 is 0 Å². The van der Waals surface area contributed by atoms with E-state index in [9.17, 15) is 0 Å². The van der Waals surface area contributed by atoms with Crippen LogP contribution in [0.4, 0.5) is 0 Å². The molecule has 1 aliphatic rings. The van der Waals surface area contributed by atoms with Gasteiger partial charge in [-0.25, -0.2) is 0 Å². The lowest BCUT2D eigenvalue weighted by Gasteiger charge is -2.16. The number of fused-ring (bicyclic) bond motifs is 6. The van der Waals surface area contributed by atoms with Crippen molar-refractivity contribution >= 4 is 66.1 Å². The van der Waals surface area contributed by atoms with E-state index in [0.29, 0.717) is 5.02 Å². The molecule has 2 nitrogen and oxygen atoms in total. The van der Waals surface area contributed by atoms with E-state index < -0.39 is 0 Å². The Morgan fingerprint density at radius 3 is 2.02 bits per heavy atom. The smallest absolute Gasteiger partial charge is 0.136 e. The second-order valence-electron chi connectivity index (χ2n) is 11.4. The monoisotopic (exact) mass is 567 g/mol. The summed E-state index contributed by atoms with van der Waals surface area (Å²) in [5.41, 5.74) is 12.8. The predicted octanol–water partition coefficient (Wildman–Crippen LogP) is 11.8. The molecule has 0 saturated heterocycles. The Bertz CT molecular complexity index is 2620. The molecule has 0 radical (unpaired) electrons. The van der Waals surface area contributed by atoms with Crippen LogP contribution in [0.5, 0.6) is 0 Å². The van der Waals surface area contributed by atoms with Gasteiger partial charge in [-0.2, -0.15) is 0 Å². The van der Waals surface area contributed by atoms with Crippen molar-refractivity contribution in [3.63, 3.8) is 0 Å². The Morgan fingerprint density at radius 2 is 1.16 bits per heavy atom. The maximum Gasteiger partial charge on any atom is 0.136 e. The number of halogens is 1. The zero-order chi connectivity index (χ0) is 28.2. The number of para-hydroxylation sites is 1. The summed E-state index contributed by atoms with van der Waals surface area (Å²) >= 11 is 6.28. The molecule has 0 aliphatic heterocycles. The summed E-state index contributed by atoms with van der Waals surface area (Å²) in [4.78, 5) is 0. The van der Waals surface area contributed by atoms with E-state index in [4.69, 9.17) is 16.0 Å². The lowest BCUT2D eigenvalue weighted by molar-refractivity contribution is 0.669. The Kier molecular flexibility index (Phi) is 4.53. The first-order chi connectivity index (χ1) is 21.2. The topological polar surface area (TPSA) is 18.1 Å². The van der Waals surface area contributed by atoms with Crippen LogP contribution in [0.2, 0.25) is 5.02 Å². The summed E-state index contributed by atoms with van der Waals surface area (Å²) in [5.74, 6) is 0. The summed E-state index contributed by atoms with van der Waals surface area (Å²) in [6.45, 7) is 0. The Balaban J connectivity index is 1.37. The van der Waals surface area contributed by atoms with Gasteiger partial charge < -0.3 is 8.98 Å². The lowest BCUT2D eigenvalue weighted by atomic mass is 9.89. The Morgan fingerprint density at radius 1 is 0.442 bits per heavy atom. The molecule has 3 heteroatoms. The van der Waals surface area contributed by atoms with Crippen molar-refractivity contribution in [1.29, 1.82) is 0 Å². The first-order valence-corrected chi connectivity index (χ1v) is 14.9. The molecule has 0 spiro atoms. The van der Waals surface area contributed by atoms with Crippen molar-refractivity contribution in [2.24, 2.45) is 0 Å². The Hall–Kier alpha value is -5.31. The summed E-state index contributed by atoms with van der Waals surface area (Å²) in [7, 11) is 0. The first kappa shape index (κ1) is 23.3. The molecule has 0 saturated carbocycles. The molecule has 0 N–H and O–H groups in total. The van der Waals surface area contributed by atoms with Gasteiger partial charge >= 0.3 is 0 Å². The van der Waals surface area contributed by atoms with Gasteiger partial charge in [0.1, 0.15) is 11.2 Å². The fraction of sp³-hybridized carbons (Fsp3) is 0. The van der Waals surface area contributed by atoms with Crippen molar-refractivity contribution < 1.29 is 4.42 Å². The third-order valence-corrected chi connectivity index (χ3v) is 9.44. The zero-order valence-corrected chi connectivity index (χ0v) is 23.7. The van der Waals surface area contributed by atoms with E-state index >= 15 is 0 Å². The van der Waals surface area contributed by atoms with Gasteiger partial charge in [0.15, 0.2) is 0 Å². The van der Waals surface area contributed by atoms with Gasteiger partial charge in [0.2, 0.25) is 0 Å². The lowest BCUT2D eigenvalue weighted by Crippen LogP contribution is -1.94. The standard InChI is InChI=1S/C40H22ClNO/c41-24-14-15-29-33-21-23(13-20-36(33)43-37(29)22-24)26-16-17-32-28-10-5-4-9-27(28)30-11-6-12-34-39(30)40-35(19-18-31(26)38(32)40)42(34)25-7-2-1-3-8-25/h1-22H. The van der Waals surface area contributed by atoms with Crippen molar-refractivity contribution in [2.45, 2.75) is 0 Å². The summed E-state index contributed by atoms with van der Waals surface area (Å²) in [6.07, 6.45) is 0. The molecule has 2 heterocycles. The molecule has 10 rings (SSSR count). The van der Waals surface area contributed by atoms with Crippen molar-refractivity contribution in [3.8, 4) is 39.1 Å². The van der Waals surface area contributed by atoms with Crippen molar-refractivity contribution in [1.82, 2.24) is 4.57 Å². The molecule has 9 aromatic rings. The maximum atomic E-state index is 6.28. The van der Waals surface area contributed by atoms with Gasteiger partial charge in [0.05, 0.1) is 11.0 Å². The minimum Gasteiger partial charge on any atom is -0.456 e. The van der Waals surface area contributed by atoms with E-state index in [-0.39, 0.29) is 0 Å². The molecule has 1 aliphatic carbocycles. The minimum absolute atomic E-state index is 0.678. The fourth-order valence-corrected chi connectivity index (χ4v) is 7.58. The van der Waals surface area contributed by atoms with Crippen LogP contribution in [0, 0.1) is 0 Å². The van der Waals surface area contributed by atoms with Crippen LogP contribution in [0.25, 0.3) is 93.6 Å². The number of hydrogen-bond acceptors (Lipinski definition) is 1. The molecule has 200 valence electrons. The van der Waals surface area contributed by atoms with E-state index in [1.165, 1.54) is 71.6 Å². The fourth-order valence-electron chi connectivity index (χ4n) is 7.42. The van der Waals surface area contributed by atoms with Crippen LogP contribution in [-0.2, 0) is 0 Å². The highest BCUT2D eigenvalue weighted by atomic mass is 35.5. The first-order valence-electron chi connectivity index (χ1n) is 14.5. The average Bonchev–Trinajstić information content (AvgIpc) is 3.55. The molecule has 0 amide bonds. The number of nitrogens with zero attached hydrogens (tertiary/aromatic N) is 1. The molecule has 2 aromatic heterocycles. The largest absolute Gasteiger partial charge is 0.456 e. The van der Waals surface area contributed by atoms with Crippen LogP contribution in [0.1, 0.15) is 0 Å². The molecular formula is C40H22ClNO. The van der Waals surface area contributed by atoms with Gasteiger partial charge in [-0.1, -0.05) is 90.5 Å². The van der Waals surface area contributed by atoms with E-state index in [1.54, 1.807) is 0 Å². The minimum atomic E-state index is 0.678. The van der Waals surface area contributed by atoms with E-state index in [2.05, 4.69) is 126 Å². The molecule has 7 aromatic carbocycles. The van der Waals surface area contributed by atoms with Gasteiger partial charge in [0.25, 0.3) is 0 Å². The molecule has 43 heavy (non-hydrogen) atoms. The van der Waals surface area contributed by atoms with Crippen LogP contribution >= 0.6 is 11.6 Å². The molecular weight excluding hydrogens is 546 g/mol. The van der Waals surface area contributed by atoms with Gasteiger partial charge in [-0.15, -0.1) is 0 Å². The molecule has 0 atom stereocenters. The summed E-state index contributed by atoms with van der Waals surface area (Å²) < 4.78 is 8.58. The van der Waals surface area contributed by atoms with Crippen molar-refractivity contribution in [2.75, 3.05) is 0 Å². The normalized spacial score (nSPS) is 12.3. The average molecular weight is 568 g/mol. The highest BCUT2D eigenvalue weighted by molar-refractivity contribution is 6.32. The summed E-state index contributed by atoms with van der Waals surface area (Å²) in [6, 6.07) is 48.0. The zero-order valence-electron chi connectivity index (χ0n) is 22.9. The van der Waals surface area contributed by atoms with Gasteiger partial charge in [-0.05, 0) is 87.3 Å². The predicted molar refractivity (Wildman–Crippen MR) is 180 cm³/mol. The molecule has 0 bridgehead atoms. The third kappa shape index (κ3) is 3.08. The van der Waals surface area contributed by atoms with Crippen LogP contribution in [0.3, 0.4) is 0 Å². The van der Waals surface area contributed by atoms with Crippen LogP contribution in [0.15, 0.2) is 138 Å². The highest BCUT2D eigenvalue weighted by Gasteiger charge is 2.25. The van der Waals surface area contributed by atoms with E-state index in [1.807, 2.05) is 12.1 Å². The quantitative estimate of drug-likeness (QED) is 0.203. The van der Waals surface area contributed by atoms with E-state index in [0.717, 1.165) is 21.9 Å². The number of furan rings is 1.